The van der Waals surface area contributed by atoms with Gasteiger partial charge in [-0.3, -0.25) is 4.79 Å². The monoisotopic (exact) mass is 444 g/mol. The number of ether oxygens (including phenoxy) is 1. The van der Waals surface area contributed by atoms with E-state index in [1.54, 1.807) is 0 Å². The van der Waals surface area contributed by atoms with Crippen LogP contribution in [0.5, 0.6) is 5.75 Å². The van der Waals surface area contributed by atoms with Crippen LogP contribution in [0.2, 0.25) is 5.02 Å². The Hall–Kier alpha value is -2.23. The van der Waals surface area contributed by atoms with Gasteiger partial charge in [-0.05, 0) is 43.2 Å². The van der Waals surface area contributed by atoms with E-state index in [0.29, 0.717) is 13.1 Å². The summed E-state index contributed by atoms with van der Waals surface area (Å²) < 4.78 is 59.2. The maximum absolute atomic E-state index is 13.6. The van der Waals surface area contributed by atoms with E-state index in [1.807, 2.05) is 0 Å². The van der Waals surface area contributed by atoms with Gasteiger partial charge >= 0.3 is 0 Å². The number of nitrogens with one attached hydrogen (secondary N) is 1. The number of piperidine rings is 1. The minimum atomic E-state index is -3.65. The molecule has 156 valence electrons. The fourth-order valence-electron chi connectivity index (χ4n) is 2.95. The quantitative estimate of drug-likeness (QED) is 0.735. The average Bonchev–Trinajstić information content (AvgIpc) is 2.70. The van der Waals surface area contributed by atoms with E-state index in [9.17, 15) is 22.0 Å². The molecule has 1 fully saturated rings. The molecule has 2 aromatic carbocycles. The molecule has 2 aromatic rings. The Balaban J connectivity index is 1.65. The fourth-order valence-corrected chi connectivity index (χ4v) is 4.79. The highest BCUT2D eigenvalue weighted by Gasteiger charge is 2.26. The van der Waals surface area contributed by atoms with Crippen LogP contribution in [0.3, 0.4) is 0 Å². The Kier molecular flexibility index (Phi) is 6.71. The number of carbonyl (C=O) groups excluding carboxylic acids is 1. The van der Waals surface area contributed by atoms with Crippen LogP contribution in [0.25, 0.3) is 0 Å². The summed E-state index contributed by atoms with van der Waals surface area (Å²) in [4.78, 5) is 12.0. The predicted molar refractivity (Wildman–Crippen MR) is 105 cm³/mol. The lowest BCUT2D eigenvalue weighted by atomic mass is 10.2. The summed E-state index contributed by atoms with van der Waals surface area (Å²) in [7, 11) is -3.65. The van der Waals surface area contributed by atoms with Gasteiger partial charge in [0.05, 0.1) is 9.92 Å². The number of sulfonamides is 1. The minimum Gasteiger partial charge on any atom is -0.482 e. The number of benzene rings is 2. The first-order valence-electron chi connectivity index (χ1n) is 8.95. The molecular weight excluding hydrogens is 426 g/mol. The largest absolute Gasteiger partial charge is 0.482 e. The SMILES string of the molecule is O=C(COc1ccc(S(=O)(=O)N2CCCCC2)cc1Cl)Nc1c(F)cccc1F. The lowest BCUT2D eigenvalue weighted by molar-refractivity contribution is -0.118. The van der Waals surface area contributed by atoms with Gasteiger partial charge in [0, 0.05) is 13.1 Å². The van der Waals surface area contributed by atoms with Gasteiger partial charge < -0.3 is 10.1 Å². The molecular formula is C19H19ClF2N2O4S. The van der Waals surface area contributed by atoms with Crippen LogP contribution in [0.4, 0.5) is 14.5 Å². The summed E-state index contributed by atoms with van der Waals surface area (Å²) >= 11 is 6.11. The third kappa shape index (κ3) is 5.04. The molecule has 1 heterocycles. The van der Waals surface area contributed by atoms with Gasteiger partial charge in [0.2, 0.25) is 10.0 Å². The molecule has 1 aliphatic heterocycles. The van der Waals surface area contributed by atoms with Crippen molar-refractivity contribution in [1.82, 2.24) is 4.31 Å². The molecule has 0 unspecified atom stereocenters. The summed E-state index contributed by atoms with van der Waals surface area (Å²) in [6.07, 6.45) is 2.62. The van der Waals surface area contributed by atoms with Crippen LogP contribution in [0.1, 0.15) is 19.3 Å². The molecule has 1 amide bonds. The number of nitrogens with zero attached hydrogens (tertiary/aromatic N) is 1. The topological polar surface area (TPSA) is 75.7 Å². The van der Waals surface area contributed by atoms with Crippen molar-refractivity contribution in [2.24, 2.45) is 0 Å². The van der Waals surface area contributed by atoms with Crippen LogP contribution in [0.15, 0.2) is 41.3 Å². The standard InChI is InChI=1S/C19H19ClF2N2O4S/c20-14-11-13(29(26,27)24-9-2-1-3-10-24)7-8-17(14)28-12-18(25)23-19-15(21)5-4-6-16(19)22/h4-8,11H,1-3,9-10,12H2,(H,23,25). The van der Waals surface area contributed by atoms with Crippen LogP contribution < -0.4 is 10.1 Å². The zero-order valence-electron chi connectivity index (χ0n) is 15.3. The van der Waals surface area contributed by atoms with E-state index in [2.05, 4.69) is 5.32 Å². The molecule has 1 saturated heterocycles. The van der Waals surface area contributed by atoms with Crippen LogP contribution in [0, 0.1) is 11.6 Å². The maximum Gasteiger partial charge on any atom is 0.262 e. The molecule has 0 saturated carbocycles. The Bertz CT molecular complexity index is 991. The summed E-state index contributed by atoms with van der Waals surface area (Å²) in [6, 6.07) is 7.15. The zero-order valence-corrected chi connectivity index (χ0v) is 16.9. The van der Waals surface area contributed by atoms with E-state index in [4.69, 9.17) is 16.3 Å². The predicted octanol–water partition coefficient (Wildman–Crippen LogP) is 3.81. The van der Waals surface area contributed by atoms with E-state index in [-0.39, 0.29) is 15.7 Å². The molecule has 1 aliphatic rings. The van der Waals surface area contributed by atoms with Gasteiger partial charge in [0.25, 0.3) is 5.91 Å². The molecule has 29 heavy (non-hydrogen) atoms. The van der Waals surface area contributed by atoms with Gasteiger partial charge in [0.1, 0.15) is 23.1 Å². The smallest absolute Gasteiger partial charge is 0.262 e. The minimum absolute atomic E-state index is 0.00737. The first-order valence-corrected chi connectivity index (χ1v) is 10.8. The first kappa shape index (κ1) is 21.5. The number of para-hydroxylation sites is 1. The molecule has 0 bridgehead atoms. The van der Waals surface area contributed by atoms with E-state index >= 15 is 0 Å². The molecule has 0 radical (unpaired) electrons. The third-order valence-electron chi connectivity index (χ3n) is 4.44. The van der Waals surface area contributed by atoms with Crippen molar-refractivity contribution in [1.29, 1.82) is 0 Å². The van der Waals surface area contributed by atoms with Crippen LogP contribution in [-0.2, 0) is 14.8 Å². The van der Waals surface area contributed by atoms with Crippen molar-refractivity contribution in [3.05, 3.63) is 53.1 Å². The van der Waals surface area contributed by atoms with Crippen molar-refractivity contribution in [3.8, 4) is 5.75 Å². The van der Waals surface area contributed by atoms with Gasteiger partial charge in [-0.1, -0.05) is 24.1 Å². The Morgan fingerprint density at radius 2 is 1.76 bits per heavy atom. The van der Waals surface area contributed by atoms with E-state index in [1.165, 1.54) is 28.6 Å². The first-order chi connectivity index (χ1) is 13.8. The Morgan fingerprint density at radius 1 is 1.10 bits per heavy atom. The highest BCUT2D eigenvalue weighted by Crippen LogP contribution is 2.30. The normalized spacial score (nSPS) is 15.1. The van der Waals surface area contributed by atoms with Crippen LogP contribution >= 0.6 is 11.6 Å². The van der Waals surface area contributed by atoms with E-state index in [0.717, 1.165) is 31.4 Å². The average molecular weight is 445 g/mol. The molecule has 0 spiro atoms. The molecule has 6 nitrogen and oxygen atoms in total. The Morgan fingerprint density at radius 3 is 2.38 bits per heavy atom. The van der Waals surface area contributed by atoms with Gasteiger partial charge in [0.15, 0.2) is 6.61 Å². The second-order valence-corrected chi connectivity index (χ2v) is 8.84. The fraction of sp³-hybridized carbons (Fsp3) is 0.316. The van der Waals surface area contributed by atoms with Crippen molar-refractivity contribution >= 4 is 33.2 Å². The van der Waals surface area contributed by atoms with Gasteiger partial charge in [-0.15, -0.1) is 0 Å². The summed E-state index contributed by atoms with van der Waals surface area (Å²) in [6.45, 7) is 0.363. The van der Waals surface area contributed by atoms with E-state index < -0.39 is 39.9 Å². The number of hydrogen-bond acceptors (Lipinski definition) is 4. The summed E-state index contributed by atoms with van der Waals surface area (Å²) in [5.74, 6) is -2.55. The number of amides is 1. The lowest BCUT2D eigenvalue weighted by Crippen LogP contribution is -2.35. The summed E-state index contributed by atoms with van der Waals surface area (Å²) in [5, 5.41) is 2.09. The second kappa shape index (κ2) is 9.06. The molecule has 3 rings (SSSR count). The molecule has 0 aliphatic carbocycles. The number of rotatable bonds is 6. The van der Waals surface area contributed by atoms with Crippen molar-refractivity contribution in [2.45, 2.75) is 24.2 Å². The number of anilines is 1. The highest BCUT2D eigenvalue weighted by atomic mass is 35.5. The molecule has 10 heteroatoms. The van der Waals surface area contributed by atoms with Crippen molar-refractivity contribution < 1.29 is 26.7 Å². The van der Waals surface area contributed by atoms with Crippen molar-refractivity contribution in [3.63, 3.8) is 0 Å². The summed E-state index contributed by atoms with van der Waals surface area (Å²) in [5.41, 5.74) is -0.574. The molecule has 0 atom stereocenters. The molecule has 0 aromatic heterocycles. The maximum atomic E-state index is 13.6. The number of carbonyl (C=O) groups is 1. The second-order valence-electron chi connectivity index (χ2n) is 6.49. The number of hydrogen-bond donors (Lipinski definition) is 1. The molecule has 1 N–H and O–H groups in total. The highest BCUT2D eigenvalue weighted by molar-refractivity contribution is 7.89. The van der Waals surface area contributed by atoms with Crippen molar-refractivity contribution in [2.75, 3.05) is 25.0 Å². The van der Waals surface area contributed by atoms with Crippen LogP contribution in [-0.4, -0.2) is 38.3 Å². The van der Waals surface area contributed by atoms with Gasteiger partial charge in [-0.25, -0.2) is 17.2 Å². The van der Waals surface area contributed by atoms with Gasteiger partial charge in [-0.2, -0.15) is 4.31 Å². The lowest BCUT2D eigenvalue weighted by Gasteiger charge is -2.26. The third-order valence-corrected chi connectivity index (χ3v) is 6.63. The Labute approximate surface area is 172 Å². The zero-order chi connectivity index (χ0) is 21.0. The number of halogens is 3.